The van der Waals surface area contributed by atoms with Crippen LogP contribution in [0.4, 0.5) is 13.2 Å². The van der Waals surface area contributed by atoms with Gasteiger partial charge in [-0.1, -0.05) is 11.2 Å². The molecule has 34 heavy (non-hydrogen) atoms. The summed E-state index contributed by atoms with van der Waals surface area (Å²) < 4.78 is 42.7. The van der Waals surface area contributed by atoms with E-state index in [1.807, 2.05) is 36.5 Å². The molecule has 0 fully saturated rings. The number of carboxylic acid groups (broad SMARTS) is 1. The zero-order valence-corrected chi connectivity index (χ0v) is 18.7. The molecule has 0 saturated heterocycles. The molecule has 1 amide bonds. The second-order valence-corrected chi connectivity index (χ2v) is 8.07. The fourth-order valence-corrected chi connectivity index (χ4v) is 3.31. The van der Waals surface area contributed by atoms with Gasteiger partial charge in [0.2, 0.25) is 5.89 Å². The molecular formula is C21H19F3N4O5S. The van der Waals surface area contributed by atoms with Gasteiger partial charge in [-0.15, -0.1) is 11.3 Å². The van der Waals surface area contributed by atoms with Crippen molar-refractivity contribution in [3.05, 3.63) is 47.5 Å². The summed E-state index contributed by atoms with van der Waals surface area (Å²) in [5, 5.41) is 16.8. The lowest BCUT2D eigenvalue weighted by Crippen LogP contribution is -2.31. The molecule has 0 spiro atoms. The molecule has 0 saturated carbocycles. The molecule has 0 aliphatic heterocycles. The van der Waals surface area contributed by atoms with Crippen LogP contribution in [0.1, 0.15) is 10.4 Å². The van der Waals surface area contributed by atoms with Crippen molar-refractivity contribution in [2.75, 3.05) is 27.2 Å². The Labute approximate surface area is 194 Å². The van der Waals surface area contributed by atoms with Gasteiger partial charge >= 0.3 is 12.1 Å². The molecule has 0 bridgehead atoms. The summed E-state index contributed by atoms with van der Waals surface area (Å²) in [6, 6.07) is 9.12. The highest BCUT2D eigenvalue weighted by Crippen LogP contribution is 2.31. The third-order valence-electron chi connectivity index (χ3n) is 4.30. The van der Waals surface area contributed by atoms with Gasteiger partial charge in [0.25, 0.3) is 5.91 Å². The van der Waals surface area contributed by atoms with Gasteiger partial charge in [-0.3, -0.25) is 4.79 Å². The zero-order valence-electron chi connectivity index (χ0n) is 17.9. The molecule has 4 aromatic rings. The number of amides is 1. The number of nitrogens with zero attached hydrogens (tertiary/aromatic N) is 3. The lowest BCUT2D eigenvalue weighted by molar-refractivity contribution is -0.192. The van der Waals surface area contributed by atoms with Crippen LogP contribution < -0.4 is 5.32 Å². The Morgan fingerprint density at radius 2 is 1.97 bits per heavy atom. The van der Waals surface area contributed by atoms with E-state index in [9.17, 15) is 18.0 Å². The van der Waals surface area contributed by atoms with Gasteiger partial charge < -0.3 is 24.3 Å². The topological polar surface area (TPSA) is 122 Å². The highest BCUT2D eigenvalue weighted by atomic mass is 32.1. The van der Waals surface area contributed by atoms with E-state index < -0.39 is 12.1 Å². The van der Waals surface area contributed by atoms with Crippen LogP contribution in [-0.4, -0.2) is 65.4 Å². The smallest absolute Gasteiger partial charge is 0.475 e. The first-order valence-electron chi connectivity index (χ1n) is 9.68. The minimum Gasteiger partial charge on any atom is -0.475 e. The molecule has 0 aliphatic rings. The summed E-state index contributed by atoms with van der Waals surface area (Å²) in [5.74, 6) is -2.36. The number of nitrogens with one attached hydrogen (secondary N) is 1. The number of aromatic nitrogens is 2. The number of carbonyl (C=O) groups is 2. The van der Waals surface area contributed by atoms with Crippen LogP contribution in [-0.2, 0) is 4.79 Å². The van der Waals surface area contributed by atoms with E-state index in [1.165, 1.54) is 0 Å². The first-order valence-corrected chi connectivity index (χ1v) is 10.6. The number of alkyl halides is 3. The number of fused-ring (bicyclic) bond motifs is 1. The number of oxazole rings is 1. The molecule has 4 rings (SSSR count). The summed E-state index contributed by atoms with van der Waals surface area (Å²) >= 11 is 1.55. The van der Waals surface area contributed by atoms with Crippen LogP contribution in [0.3, 0.4) is 0 Å². The van der Waals surface area contributed by atoms with E-state index >= 15 is 0 Å². The summed E-state index contributed by atoms with van der Waals surface area (Å²) in [6.07, 6.45) is -3.53. The van der Waals surface area contributed by atoms with Gasteiger partial charge in [-0.05, 0) is 43.7 Å². The number of benzene rings is 1. The van der Waals surface area contributed by atoms with Crippen LogP contribution in [0.2, 0.25) is 0 Å². The lowest BCUT2D eigenvalue weighted by Gasteiger charge is -2.10. The van der Waals surface area contributed by atoms with Crippen molar-refractivity contribution in [2.24, 2.45) is 0 Å². The van der Waals surface area contributed by atoms with Gasteiger partial charge in [0.15, 0.2) is 5.58 Å². The second kappa shape index (κ2) is 10.5. The van der Waals surface area contributed by atoms with Gasteiger partial charge in [0, 0.05) is 18.7 Å². The van der Waals surface area contributed by atoms with E-state index in [4.69, 9.17) is 18.8 Å². The first kappa shape index (κ1) is 24.9. The highest BCUT2D eigenvalue weighted by Gasteiger charge is 2.38. The molecule has 3 heterocycles. The third kappa shape index (κ3) is 6.20. The highest BCUT2D eigenvalue weighted by molar-refractivity contribution is 7.13. The number of halogens is 3. The predicted molar refractivity (Wildman–Crippen MR) is 117 cm³/mol. The van der Waals surface area contributed by atoms with Crippen molar-refractivity contribution in [2.45, 2.75) is 6.18 Å². The number of hydrogen-bond acceptors (Lipinski definition) is 8. The SMILES string of the molecule is CN(C)CCNC(=O)c1ccc2onc(-c3coc(-c4cccs4)n3)c2c1.O=C(O)C(F)(F)F. The summed E-state index contributed by atoms with van der Waals surface area (Å²) in [5.41, 5.74) is 2.27. The van der Waals surface area contributed by atoms with Crippen LogP contribution >= 0.6 is 11.3 Å². The van der Waals surface area contributed by atoms with E-state index in [1.54, 1.807) is 35.8 Å². The molecule has 0 radical (unpaired) electrons. The minimum atomic E-state index is -5.08. The number of hydrogen-bond donors (Lipinski definition) is 2. The average Bonchev–Trinajstić information content (AvgIpc) is 3.52. The van der Waals surface area contributed by atoms with Crippen LogP contribution in [0.25, 0.3) is 33.1 Å². The zero-order chi connectivity index (χ0) is 24.9. The summed E-state index contributed by atoms with van der Waals surface area (Å²) in [4.78, 5) is 28.7. The van der Waals surface area contributed by atoms with Gasteiger partial charge in [-0.2, -0.15) is 13.2 Å². The number of thiophene rings is 1. The minimum absolute atomic E-state index is 0.134. The van der Waals surface area contributed by atoms with Gasteiger partial charge in [0.05, 0.1) is 10.3 Å². The second-order valence-electron chi connectivity index (χ2n) is 7.12. The standard InChI is InChI=1S/C19H18N4O3S.C2HF3O2/c1-23(2)8-7-20-18(24)12-5-6-15-13(10-12)17(22-26-15)14-11-25-19(21-14)16-4-3-9-27-16;3-2(4,5)1(6)7/h3-6,9-11H,7-8H2,1-2H3,(H,20,24);(H,6,7). The average molecular weight is 496 g/mol. The number of carbonyl (C=O) groups excluding carboxylic acids is 1. The van der Waals surface area contributed by atoms with Crippen molar-refractivity contribution in [3.63, 3.8) is 0 Å². The molecule has 180 valence electrons. The Bertz CT molecular complexity index is 1270. The maximum Gasteiger partial charge on any atom is 0.490 e. The Morgan fingerprint density at radius 3 is 2.59 bits per heavy atom. The Balaban J connectivity index is 0.000000406. The predicted octanol–water partition coefficient (Wildman–Crippen LogP) is 4.14. The normalized spacial score (nSPS) is 11.4. The van der Waals surface area contributed by atoms with Crippen molar-refractivity contribution in [1.29, 1.82) is 0 Å². The fraction of sp³-hybridized carbons (Fsp3) is 0.238. The Hall–Kier alpha value is -3.71. The molecule has 3 aromatic heterocycles. The van der Waals surface area contributed by atoms with Crippen LogP contribution in [0.5, 0.6) is 0 Å². The van der Waals surface area contributed by atoms with E-state index in [0.29, 0.717) is 35.0 Å². The Kier molecular flexibility index (Phi) is 7.68. The van der Waals surface area contributed by atoms with E-state index in [0.717, 1.165) is 16.8 Å². The van der Waals surface area contributed by atoms with Crippen LogP contribution in [0, 0.1) is 0 Å². The number of aliphatic carboxylic acids is 1. The maximum atomic E-state index is 12.4. The van der Waals surface area contributed by atoms with Crippen molar-refractivity contribution >= 4 is 34.2 Å². The molecule has 1 aromatic carbocycles. The first-order chi connectivity index (χ1) is 16.1. The number of carboxylic acids is 1. The Morgan fingerprint density at radius 1 is 1.24 bits per heavy atom. The lowest BCUT2D eigenvalue weighted by atomic mass is 10.1. The maximum absolute atomic E-state index is 12.4. The fourth-order valence-electron chi connectivity index (χ4n) is 2.66. The molecule has 0 atom stereocenters. The quantitative estimate of drug-likeness (QED) is 0.409. The summed E-state index contributed by atoms with van der Waals surface area (Å²) in [7, 11) is 3.92. The third-order valence-corrected chi connectivity index (χ3v) is 5.16. The molecule has 0 unspecified atom stereocenters. The van der Waals surface area contributed by atoms with Crippen molar-refractivity contribution in [3.8, 4) is 22.2 Å². The summed E-state index contributed by atoms with van der Waals surface area (Å²) in [6.45, 7) is 1.35. The molecule has 2 N–H and O–H groups in total. The molecule has 9 nitrogen and oxygen atoms in total. The largest absolute Gasteiger partial charge is 0.490 e. The van der Waals surface area contributed by atoms with Crippen LogP contribution in [0.15, 0.2) is 50.9 Å². The number of rotatable bonds is 6. The number of likely N-dealkylation sites (N-methyl/N-ethyl adjacent to an activating group) is 1. The monoisotopic (exact) mass is 496 g/mol. The van der Waals surface area contributed by atoms with Crippen molar-refractivity contribution < 1.29 is 36.8 Å². The molecular weight excluding hydrogens is 477 g/mol. The van der Waals surface area contributed by atoms with E-state index in [2.05, 4.69) is 15.5 Å². The molecule has 13 heteroatoms. The van der Waals surface area contributed by atoms with Crippen molar-refractivity contribution in [1.82, 2.24) is 20.4 Å². The van der Waals surface area contributed by atoms with Gasteiger partial charge in [-0.25, -0.2) is 9.78 Å². The van der Waals surface area contributed by atoms with Gasteiger partial charge in [0.1, 0.15) is 17.7 Å². The molecule has 0 aliphatic carbocycles. The van der Waals surface area contributed by atoms with E-state index in [-0.39, 0.29) is 5.91 Å².